The molecule has 31 heteroatoms. The van der Waals surface area contributed by atoms with Crippen LogP contribution in [0.5, 0.6) is 0 Å². The zero-order valence-electron chi connectivity index (χ0n) is 56.6. The number of rotatable bonds is 30. The van der Waals surface area contributed by atoms with Crippen molar-refractivity contribution in [1.29, 1.82) is 0 Å². The minimum Gasteiger partial charge on any atom is -0.382 e. The summed E-state index contributed by atoms with van der Waals surface area (Å²) in [6.07, 6.45) is 5.94. The smallest absolute Gasteiger partial charge is 0.382 e. The molecule has 1 aromatic heterocycles. The number of carbonyl (C=O) groups excluding carboxylic acids is 6. The molecule has 24 nitrogen and oxygen atoms in total. The van der Waals surface area contributed by atoms with E-state index in [0.717, 1.165) is 66.5 Å². The first-order valence-corrected chi connectivity index (χ1v) is 38.3. The Morgan fingerprint density at radius 2 is 1.52 bits per heavy atom. The third-order valence-electron chi connectivity index (χ3n) is 18.8. The summed E-state index contributed by atoms with van der Waals surface area (Å²) >= 11 is 7.62. The van der Waals surface area contributed by atoms with Crippen molar-refractivity contribution < 1.29 is 68.2 Å². The molecular formula is C71H82ClF3N12O12S3. The number of allylic oxidation sites excluding steroid dienone is 1. The second kappa shape index (κ2) is 33.0. The fourth-order valence-corrected chi connectivity index (χ4v) is 16.4. The number of fused-ring (bicyclic) bond motifs is 1. The lowest BCUT2D eigenvalue weighted by Gasteiger charge is -2.39. The van der Waals surface area contributed by atoms with Crippen molar-refractivity contribution in [2.45, 2.75) is 111 Å². The van der Waals surface area contributed by atoms with Crippen LogP contribution in [0.2, 0.25) is 5.02 Å². The largest absolute Gasteiger partial charge is 0.501 e. The normalized spacial score (nSPS) is 18.1. The van der Waals surface area contributed by atoms with Gasteiger partial charge in [-0.25, -0.2) is 21.6 Å². The van der Waals surface area contributed by atoms with Crippen LogP contribution in [0.4, 0.5) is 30.2 Å². The van der Waals surface area contributed by atoms with Crippen LogP contribution in [0.15, 0.2) is 142 Å². The lowest BCUT2D eigenvalue weighted by molar-refractivity contribution is -0.136. The van der Waals surface area contributed by atoms with E-state index in [1.807, 2.05) is 47.2 Å². The van der Waals surface area contributed by atoms with E-state index in [-0.39, 0.29) is 79.5 Å². The molecule has 6 aromatic rings. The Bertz CT molecular complexity index is 4310. The number of piperazine rings is 2. The molecule has 3 fully saturated rings. The molecule has 1 aliphatic carbocycles. The van der Waals surface area contributed by atoms with Gasteiger partial charge in [-0.15, -0.1) is 16.9 Å². The Labute approximate surface area is 600 Å². The summed E-state index contributed by atoms with van der Waals surface area (Å²) in [7, 11) is -11.1. The van der Waals surface area contributed by atoms with E-state index in [0.29, 0.717) is 94.2 Å². The number of alkyl halides is 3. The van der Waals surface area contributed by atoms with Gasteiger partial charge < -0.3 is 29.9 Å². The Balaban J connectivity index is 0.619. The van der Waals surface area contributed by atoms with Crippen LogP contribution < -0.4 is 25.6 Å². The predicted molar refractivity (Wildman–Crippen MR) is 379 cm³/mol. The molecule has 102 heavy (non-hydrogen) atoms. The van der Waals surface area contributed by atoms with Gasteiger partial charge in [-0.1, -0.05) is 72.6 Å². The van der Waals surface area contributed by atoms with Crippen LogP contribution >= 0.6 is 23.4 Å². The summed E-state index contributed by atoms with van der Waals surface area (Å²) in [6, 6.07) is 29.0. The number of aromatic nitrogens is 3. The second-order valence-corrected chi connectivity index (χ2v) is 31.7. The highest BCUT2D eigenvalue weighted by atomic mass is 35.5. The Hall–Kier alpha value is -8.23. The minimum absolute atomic E-state index is 0.0198. The van der Waals surface area contributed by atoms with Gasteiger partial charge in [0.25, 0.3) is 37.6 Å². The molecule has 1 unspecified atom stereocenters. The van der Waals surface area contributed by atoms with Crippen LogP contribution in [0.1, 0.15) is 108 Å². The standard InChI is InChI=1S/C71H82ClF3N12O12S3/c1-70(2)27-25-57(48-13-17-51(72)18-14-48)50(43-70)44-83-33-35-84(36-34-83)54-19-15-49(16-20-54)66(90)80-102(96,97)56-21-22-59(62(42-56)101(94,95)71(73,74)75)77-52(47-100-55-8-4-3-5-9-55)26-30-82-31-37-85(38-32-82)64(89)12-7-29-86-45-53(79-81-86)46-99-41-40-98-39-28-76-60-11-6-10-58-65(60)69(93)87(68(58)92)61-23-24-63(88)78-67(61)91/h3-6,8-11,13-22,42,45,52,61,76-77H,7,12,23-41,43-44,46-47H2,1-2H3,(H,80,90)(H,78,88,91)/t52-,61?/m1/s1. The molecule has 11 rings (SSSR count). The first-order chi connectivity index (χ1) is 48.8. The van der Waals surface area contributed by atoms with Crippen LogP contribution in [0.3, 0.4) is 0 Å². The number of sulfone groups is 1. The van der Waals surface area contributed by atoms with Crippen molar-refractivity contribution in [1.82, 2.24) is 44.6 Å². The Kier molecular flexibility index (Phi) is 24.3. The monoisotopic (exact) mass is 1480 g/mol. The average Bonchev–Trinajstić information content (AvgIpc) is 1.37. The number of hydrogen-bond acceptors (Lipinski definition) is 20. The highest BCUT2D eigenvalue weighted by Crippen LogP contribution is 2.43. The number of nitrogens with one attached hydrogen (secondary N) is 4. The van der Waals surface area contributed by atoms with Gasteiger partial charge in [-0.2, -0.15) is 13.2 Å². The summed E-state index contributed by atoms with van der Waals surface area (Å²) in [5.74, 6) is -3.19. The van der Waals surface area contributed by atoms with Gasteiger partial charge in [-0.05, 0) is 134 Å². The molecular weight excluding hydrogens is 1400 g/mol. The van der Waals surface area contributed by atoms with Crippen molar-refractivity contribution in [3.05, 3.63) is 160 Å². The summed E-state index contributed by atoms with van der Waals surface area (Å²) in [5, 5.41) is 17.4. The van der Waals surface area contributed by atoms with Crippen molar-refractivity contribution in [3.8, 4) is 0 Å². The first-order valence-electron chi connectivity index (χ1n) is 33.9. The molecule has 6 amide bonds. The van der Waals surface area contributed by atoms with Gasteiger partial charge >= 0.3 is 5.51 Å². The summed E-state index contributed by atoms with van der Waals surface area (Å²) in [6.45, 7) is 12.3. The first kappa shape index (κ1) is 74.9. The average molecular weight is 1480 g/mol. The number of anilines is 3. The molecule has 4 aliphatic heterocycles. The van der Waals surface area contributed by atoms with Gasteiger partial charge in [0.15, 0.2) is 0 Å². The Morgan fingerprint density at radius 1 is 0.794 bits per heavy atom. The lowest BCUT2D eigenvalue weighted by Crippen LogP contribution is -2.54. The number of sulfonamides is 1. The third kappa shape index (κ3) is 18.8. The number of ether oxygens (including phenoxy) is 2. The van der Waals surface area contributed by atoms with Gasteiger partial charge in [0, 0.05) is 130 Å². The SMILES string of the molecule is CC1(C)CCC(c2ccc(Cl)cc2)=C(CN2CCN(c3ccc(C(=O)NS(=O)(=O)c4ccc(N[C@H](CCN5CCN(C(=O)CCCn6cc(COCCOCCNc7cccc8c7C(=O)N(C7CCC(=O)NC7=O)C8=O)nn6)CC5)CSc5ccccc5)c(S(=O)(=O)C(F)(F)F)c4)cc3)CC2)C1. The van der Waals surface area contributed by atoms with Crippen LogP contribution in [-0.2, 0) is 56.9 Å². The molecule has 3 saturated heterocycles. The van der Waals surface area contributed by atoms with E-state index in [2.05, 4.69) is 66.9 Å². The summed E-state index contributed by atoms with van der Waals surface area (Å²) in [4.78, 5) is 85.7. The molecule has 2 atom stereocenters. The maximum atomic E-state index is 14.6. The zero-order valence-corrected chi connectivity index (χ0v) is 59.8. The zero-order chi connectivity index (χ0) is 72.3. The van der Waals surface area contributed by atoms with E-state index in [4.69, 9.17) is 21.1 Å². The van der Waals surface area contributed by atoms with Crippen molar-refractivity contribution in [2.75, 3.05) is 113 Å². The number of hydrogen-bond donors (Lipinski definition) is 4. The van der Waals surface area contributed by atoms with E-state index in [1.165, 1.54) is 46.7 Å². The molecule has 0 spiro atoms. The number of thioether (sulfide) groups is 1. The van der Waals surface area contributed by atoms with E-state index >= 15 is 0 Å². The summed E-state index contributed by atoms with van der Waals surface area (Å²) in [5.41, 5.74) is -0.0108. The molecule has 0 bridgehead atoms. The number of aryl methyl sites for hydroxylation is 1. The number of imide groups is 2. The molecule has 5 heterocycles. The number of piperidine rings is 1. The quantitative estimate of drug-likeness (QED) is 0.0186. The number of benzene rings is 5. The molecule has 5 aliphatic rings. The van der Waals surface area contributed by atoms with Gasteiger partial charge in [0.05, 0.1) is 54.3 Å². The van der Waals surface area contributed by atoms with Crippen LogP contribution in [0.25, 0.3) is 5.57 Å². The summed E-state index contributed by atoms with van der Waals surface area (Å²) < 4.78 is 113. The van der Waals surface area contributed by atoms with E-state index in [1.54, 1.807) is 40.0 Å². The number of carbonyl (C=O) groups is 6. The van der Waals surface area contributed by atoms with E-state index < -0.39 is 82.5 Å². The number of amides is 6. The lowest BCUT2D eigenvalue weighted by atomic mass is 9.73. The third-order valence-corrected chi connectivity index (χ3v) is 23.1. The van der Waals surface area contributed by atoms with Crippen LogP contribution in [0, 0.1) is 5.41 Å². The predicted octanol–water partition coefficient (Wildman–Crippen LogP) is 8.76. The fraction of sp³-hybridized carbons (Fsp3) is 0.437. The molecule has 544 valence electrons. The van der Waals surface area contributed by atoms with Crippen molar-refractivity contribution in [2.24, 2.45) is 5.41 Å². The molecule has 0 saturated carbocycles. The van der Waals surface area contributed by atoms with E-state index in [9.17, 15) is 58.8 Å². The fourth-order valence-electron chi connectivity index (χ4n) is 13.3. The second-order valence-electron chi connectivity index (χ2n) is 26.6. The maximum absolute atomic E-state index is 14.6. The minimum atomic E-state index is -6.17. The van der Waals surface area contributed by atoms with Gasteiger partial charge in [0.1, 0.15) is 16.6 Å². The number of halogens is 4. The molecule has 0 radical (unpaired) electrons. The molecule has 5 aromatic carbocycles. The topological polar surface area (TPSA) is 284 Å². The highest BCUT2D eigenvalue weighted by molar-refractivity contribution is 7.99. The van der Waals surface area contributed by atoms with Crippen LogP contribution in [-0.4, -0.2) is 202 Å². The van der Waals surface area contributed by atoms with Gasteiger partial charge in [0.2, 0.25) is 17.7 Å². The van der Waals surface area contributed by atoms with Gasteiger partial charge in [-0.3, -0.25) is 53.5 Å². The molecule has 4 N–H and O–H groups in total. The number of nitrogens with zero attached hydrogens (tertiary/aromatic N) is 8. The maximum Gasteiger partial charge on any atom is 0.501 e. The highest BCUT2D eigenvalue weighted by Gasteiger charge is 2.49. The van der Waals surface area contributed by atoms with Crippen molar-refractivity contribution in [3.63, 3.8) is 0 Å². The Morgan fingerprint density at radius 3 is 2.25 bits per heavy atom. The van der Waals surface area contributed by atoms with Crippen molar-refractivity contribution >= 4 is 101 Å².